The number of anilines is 1. The lowest BCUT2D eigenvalue weighted by molar-refractivity contribution is -0.141. The third-order valence-corrected chi connectivity index (χ3v) is 6.69. The number of hydrogen-bond acceptors (Lipinski definition) is 5. The first-order valence-corrected chi connectivity index (χ1v) is 13.6. The van der Waals surface area contributed by atoms with Crippen molar-refractivity contribution in [2.24, 2.45) is 0 Å². The molecule has 0 radical (unpaired) electrons. The van der Waals surface area contributed by atoms with E-state index >= 15 is 0 Å². The number of ether oxygens (including phenoxy) is 1. The Hall–Kier alpha value is -3.21. The fraction of sp³-hybridized carbons (Fsp3) is 0.462. The fourth-order valence-electron chi connectivity index (χ4n) is 3.67. The summed E-state index contributed by atoms with van der Waals surface area (Å²) in [6.45, 7) is 7.14. The summed E-state index contributed by atoms with van der Waals surface area (Å²) < 4.78 is 57.9. The van der Waals surface area contributed by atoms with E-state index in [1.807, 2.05) is 26.8 Å². The van der Waals surface area contributed by atoms with Crippen LogP contribution in [0.25, 0.3) is 0 Å². The lowest BCUT2D eigenvalue weighted by Crippen LogP contribution is -2.52. The quantitative estimate of drug-likeness (QED) is 0.468. The zero-order chi connectivity index (χ0) is 28.0. The van der Waals surface area contributed by atoms with Gasteiger partial charge in [0, 0.05) is 31.1 Å². The molecule has 0 aliphatic heterocycles. The summed E-state index contributed by atoms with van der Waals surface area (Å²) in [5.41, 5.74) is 0.207. The van der Waals surface area contributed by atoms with Gasteiger partial charge in [-0.15, -0.1) is 0 Å². The number of benzene rings is 2. The van der Waals surface area contributed by atoms with Gasteiger partial charge in [0.25, 0.3) is 0 Å². The van der Waals surface area contributed by atoms with Crippen LogP contribution in [-0.4, -0.2) is 56.6 Å². The van der Waals surface area contributed by atoms with Gasteiger partial charge >= 0.3 is 0 Å². The Morgan fingerprint density at radius 2 is 1.76 bits per heavy atom. The number of methoxy groups -OCH3 is 1. The number of nitrogens with one attached hydrogen (secondary N) is 1. The van der Waals surface area contributed by atoms with Gasteiger partial charge in [0.05, 0.1) is 19.1 Å². The highest BCUT2D eigenvalue weighted by atomic mass is 32.2. The van der Waals surface area contributed by atoms with E-state index in [-0.39, 0.29) is 43.4 Å². The number of carbonyl (C=O) groups excluding carboxylic acids is 2. The molecular weight excluding hydrogens is 504 g/mol. The molecule has 8 nitrogen and oxygen atoms in total. The minimum Gasteiger partial charge on any atom is -0.497 e. The summed E-state index contributed by atoms with van der Waals surface area (Å²) in [5.74, 6) is -2.36. The fourth-order valence-corrected chi connectivity index (χ4v) is 4.63. The zero-order valence-corrected chi connectivity index (χ0v) is 22.9. The molecular formula is C26H35F2N3O5S. The summed E-state index contributed by atoms with van der Waals surface area (Å²) in [7, 11) is -2.30. The molecule has 1 unspecified atom stereocenters. The molecule has 0 fully saturated rings. The van der Waals surface area contributed by atoms with Gasteiger partial charge in [0.1, 0.15) is 11.8 Å². The van der Waals surface area contributed by atoms with Crippen LogP contribution in [0.15, 0.2) is 42.5 Å². The van der Waals surface area contributed by atoms with Gasteiger partial charge in [-0.3, -0.25) is 13.9 Å². The molecule has 0 spiro atoms. The number of nitrogens with zero attached hydrogens (tertiary/aromatic N) is 2. The first kappa shape index (κ1) is 30.0. The number of carbonyl (C=O) groups is 2. The van der Waals surface area contributed by atoms with E-state index in [4.69, 9.17) is 4.74 Å². The monoisotopic (exact) mass is 539 g/mol. The van der Waals surface area contributed by atoms with Gasteiger partial charge in [0.2, 0.25) is 21.8 Å². The Bertz CT molecular complexity index is 1210. The van der Waals surface area contributed by atoms with E-state index < -0.39 is 33.2 Å². The van der Waals surface area contributed by atoms with Gasteiger partial charge < -0.3 is 15.0 Å². The zero-order valence-electron chi connectivity index (χ0n) is 22.0. The van der Waals surface area contributed by atoms with E-state index in [0.29, 0.717) is 5.75 Å². The van der Waals surface area contributed by atoms with Crippen LogP contribution in [0.2, 0.25) is 0 Å². The molecule has 0 heterocycles. The van der Waals surface area contributed by atoms with E-state index in [1.165, 1.54) is 12.0 Å². The molecule has 11 heteroatoms. The summed E-state index contributed by atoms with van der Waals surface area (Å²) in [5, 5.41) is 2.88. The first-order valence-electron chi connectivity index (χ1n) is 11.8. The Labute approximate surface area is 217 Å². The lowest BCUT2D eigenvalue weighted by atomic mass is 10.1. The minimum atomic E-state index is -3.83. The minimum absolute atomic E-state index is 0.0417. The SMILES string of the molecule is COc1cccc(CN(C(=O)CCCN(c2ccc(F)c(F)c2)S(C)(=O)=O)C(C)C(=O)NC(C)(C)C)c1. The number of amides is 2. The van der Waals surface area contributed by atoms with Crippen LogP contribution < -0.4 is 14.4 Å². The maximum absolute atomic E-state index is 13.7. The molecule has 2 aromatic carbocycles. The van der Waals surface area contributed by atoms with Gasteiger partial charge in [-0.2, -0.15) is 0 Å². The molecule has 2 amide bonds. The third-order valence-electron chi connectivity index (χ3n) is 5.50. The largest absolute Gasteiger partial charge is 0.497 e. The molecule has 2 aromatic rings. The van der Waals surface area contributed by atoms with E-state index in [2.05, 4.69) is 5.32 Å². The number of rotatable bonds is 11. The van der Waals surface area contributed by atoms with Crippen molar-refractivity contribution in [3.05, 3.63) is 59.7 Å². The Morgan fingerprint density at radius 1 is 1.08 bits per heavy atom. The van der Waals surface area contributed by atoms with Crippen molar-refractivity contribution >= 4 is 27.5 Å². The average molecular weight is 540 g/mol. The molecule has 0 aliphatic rings. The van der Waals surface area contributed by atoms with Gasteiger partial charge in [-0.05, 0) is 63.9 Å². The number of sulfonamides is 1. The van der Waals surface area contributed by atoms with Gasteiger partial charge in [0.15, 0.2) is 11.6 Å². The molecule has 204 valence electrons. The third kappa shape index (κ3) is 8.99. The maximum atomic E-state index is 13.7. The van der Waals surface area contributed by atoms with Crippen molar-refractivity contribution < 1.29 is 31.5 Å². The topological polar surface area (TPSA) is 96.0 Å². The van der Waals surface area contributed by atoms with Crippen molar-refractivity contribution in [1.29, 1.82) is 0 Å². The molecule has 0 aliphatic carbocycles. The summed E-state index contributed by atoms with van der Waals surface area (Å²) in [6.07, 6.45) is 0.962. The van der Waals surface area contributed by atoms with Crippen LogP contribution >= 0.6 is 0 Å². The van der Waals surface area contributed by atoms with E-state index in [0.717, 1.165) is 34.3 Å². The van der Waals surface area contributed by atoms with Crippen LogP contribution in [0, 0.1) is 11.6 Å². The second-order valence-electron chi connectivity index (χ2n) is 9.83. The van der Waals surface area contributed by atoms with Crippen molar-refractivity contribution in [3.8, 4) is 5.75 Å². The molecule has 1 N–H and O–H groups in total. The highest BCUT2D eigenvalue weighted by molar-refractivity contribution is 7.92. The van der Waals surface area contributed by atoms with Crippen molar-refractivity contribution in [2.75, 3.05) is 24.2 Å². The molecule has 0 saturated carbocycles. The van der Waals surface area contributed by atoms with Crippen LogP contribution in [0.3, 0.4) is 0 Å². The van der Waals surface area contributed by atoms with Gasteiger partial charge in [-0.1, -0.05) is 12.1 Å². The van der Waals surface area contributed by atoms with E-state index in [9.17, 15) is 26.8 Å². The summed E-state index contributed by atoms with van der Waals surface area (Å²) in [4.78, 5) is 27.6. The molecule has 0 saturated heterocycles. The summed E-state index contributed by atoms with van der Waals surface area (Å²) in [6, 6.07) is 9.12. The summed E-state index contributed by atoms with van der Waals surface area (Å²) >= 11 is 0. The lowest BCUT2D eigenvalue weighted by Gasteiger charge is -2.32. The van der Waals surface area contributed by atoms with Crippen molar-refractivity contribution in [3.63, 3.8) is 0 Å². The maximum Gasteiger partial charge on any atom is 0.242 e. The molecule has 2 rings (SSSR count). The first-order chi connectivity index (χ1) is 17.1. The Kier molecular flexibility index (Phi) is 10.0. The van der Waals surface area contributed by atoms with Crippen LogP contribution in [0.1, 0.15) is 46.1 Å². The Balaban J connectivity index is 2.23. The predicted octanol–water partition coefficient (Wildman–Crippen LogP) is 3.85. The van der Waals surface area contributed by atoms with Crippen molar-refractivity contribution in [2.45, 2.75) is 58.7 Å². The van der Waals surface area contributed by atoms with Crippen molar-refractivity contribution in [1.82, 2.24) is 10.2 Å². The molecule has 0 bridgehead atoms. The highest BCUT2D eigenvalue weighted by Gasteiger charge is 2.29. The molecule has 37 heavy (non-hydrogen) atoms. The second-order valence-corrected chi connectivity index (χ2v) is 11.7. The van der Waals surface area contributed by atoms with E-state index in [1.54, 1.807) is 25.1 Å². The normalized spacial score (nSPS) is 12.5. The highest BCUT2D eigenvalue weighted by Crippen LogP contribution is 2.22. The smallest absolute Gasteiger partial charge is 0.242 e. The Morgan fingerprint density at radius 3 is 2.32 bits per heavy atom. The predicted molar refractivity (Wildman–Crippen MR) is 139 cm³/mol. The average Bonchev–Trinajstić information content (AvgIpc) is 2.80. The standard InChI is InChI=1S/C26H35F2N3O5S/c1-18(25(33)29-26(2,3)4)30(17-19-9-7-10-21(15-19)36-5)24(32)11-8-14-31(37(6,34)35)20-12-13-22(27)23(28)16-20/h7,9-10,12-13,15-16,18H,8,11,14,17H2,1-6H3,(H,29,33). The van der Waals surface area contributed by atoms with Crippen LogP contribution in [-0.2, 0) is 26.2 Å². The number of halogens is 2. The molecule has 1 atom stereocenters. The van der Waals surface area contributed by atoms with Crippen LogP contribution in [0.4, 0.5) is 14.5 Å². The molecule has 0 aromatic heterocycles. The van der Waals surface area contributed by atoms with Gasteiger partial charge in [-0.25, -0.2) is 17.2 Å². The number of hydrogen-bond donors (Lipinski definition) is 1. The van der Waals surface area contributed by atoms with Crippen LogP contribution in [0.5, 0.6) is 5.75 Å². The second kappa shape index (κ2) is 12.4.